The van der Waals surface area contributed by atoms with E-state index in [4.69, 9.17) is 37.0 Å². The van der Waals surface area contributed by atoms with Gasteiger partial charge in [0.05, 0.1) is 26.4 Å². The van der Waals surface area contributed by atoms with E-state index >= 15 is 0 Å². The maximum atomic E-state index is 13.1. The predicted molar refractivity (Wildman–Crippen MR) is 418 cm³/mol. The van der Waals surface area contributed by atoms with Crippen molar-refractivity contribution in [3.8, 4) is 0 Å². The first-order valence-corrected chi connectivity index (χ1v) is 46.0. The summed E-state index contributed by atoms with van der Waals surface area (Å²) in [5.74, 6) is -0.629. The second-order valence-electron chi connectivity index (χ2n) is 30.8. The number of phosphoric acid groups is 2. The molecule has 2 unspecified atom stereocenters. The molecule has 0 aliphatic carbocycles. The van der Waals surface area contributed by atoms with Gasteiger partial charge >= 0.3 is 39.5 Å². The normalized spacial score (nSPS) is 13.9. The average Bonchev–Trinajstić information content (AvgIpc) is 0.934. The highest BCUT2D eigenvalue weighted by Gasteiger charge is 2.30. The molecule has 0 aromatic rings. The summed E-state index contributed by atoms with van der Waals surface area (Å²) in [5.41, 5.74) is 0. The minimum absolute atomic E-state index is 0.106. The van der Waals surface area contributed by atoms with Gasteiger partial charge in [0.2, 0.25) is 0 Å². The Bertz CT molecular complexity index is 1960. The smallest absolute Gasteiger partial charge is 0.462 e. The molecule has 102 heavy (non-hydrogen) atoms. The van der Waals surface area contributed by atoms with Crippen LogP contribution in [0.25, 0.3) is 0 Å². The molecule has 19 heteroatoms. The third-order valence-electron chi connectivity index (χ3n) is 19.5. The molecule has 0 heterocycles. The third kappa shape index (κ3) is 76.3. The number of carbonyl (C=O) groups is 4. The Hall–Kier alpha value is -1.94. The fourth-order valence-corrected chi connectivity index (χ4v) is 14.5. The molecule has 0 spiro atoms. The largest absolute Gasteiger partial charge is 0.472 e. The van der Waals surface area contributed by atoms with E-state index in [1.54, 1.807) is 0 Å². The van der Waals surface area contributed by atoms with E-state index in [-0.39, 0.29) is 25.7 Å². The van der Waals surface area contributed by atoms with Crippen molar-refractivity contribution in [2.24, 2.45) is 11.8 Å². The summed E-state index contributed by atoms with van der Waals surface area (Å²) in [4.78, 5) is 73.1. The van der Waals surface area contributed by atoms with E-state index < -0.39 is 97.5 Å². The van der Waals surface area contributed by atoms with E-state index in [0.717, 1.165) is 102 Å². The molecule has 0 radical (unpaired) electrons. The summed E-state index contributed by atoms with van der Waals surface area (Å²) in [6.07, 6.45) is 65.4. The quantitative estimate of drug-likeness (QED) is 0.0222. The summed E-state index contributed by atoms with van der Waals surface area (Å²) >= 11 is 0. The van der Waals surface area contributed by atoms with Crippen LogP contribution in [0.2, 0.25) is 0 Å². The first-order valence-electron chi connectivity index (χ1n) is 43.0. The van der Waals surface area contributed by atoms with Crippen LogP contribution < -0.4 is 0 Å². The number of esters is 4. The molecule has 0 aromatic carbocycles. The number of phosphoric ester groups is 2. The van der Waals surface area contributed by atoms with E-state index in [0.29, 0.717) is 25.7 Å². The molecule has 17 nitrogen and oxygen atoms in total. The van der Waals surface area contributed by atoms with Gasteiger partial charge in [0.15, 0.2) is 12.2 Å². The lowest BCUT2D eigenvalue weighted by Crippen LogP contribution is -2.30. The van der Waals surface area contributed by atoms with E-state index in [2.05, 4.69) is 41.5 Å². The van der Waals surface area contributed by atoms with Crippen LogP contribution in [0.4, 0.5) is 0 Å². The molecular formula is C83H162O17P2. The van der Waals surface area contributed by atoms with E-state index in [1.165, 1.54) is 257 Å². The van der Waals surface area contributed by atoms with Gasteiger partial charge in [0, 0.05) is 25.7 Å². The lowest BCUT2D eigenvalue weighted by molar-refractivity contribution is -0.161. The molecule has 0 amide bonds. The second kappa shape index (κ2) is 74.5. The molecule has 606 valence electrons. The number of ether oxygens (including phenoxy) is 4. The Morgan fingerprint density at radius 1 is 0.265 bits per heavy atom. The molecule has 0 fully saturated rings. The first kappa shape index (κ1) is 100. The lowest BCUT2D eigenvalue weighted by Gasteiger charge is -2.21. The van der Waals surface area contributed by atoms with Gasteiger partial charge in [0.25, 0.3) is 0 Å². The minimum atomic E-state index is -4.96. The van der Waals surface area contributed by atoms with Crippen LogP contribution in [0.3, 0.4) is 0 Å². The summed E-state index contributed by atoms with van der Waals surface area (Å²) < 4.78 is 68.8. The maximum Gasteiger partial charge on any atom is 0.472 e. The van der Waals surface area contributed by atoms with Crippen molar-refractivity contribution in [1.29, 1.82) is 0 Å². The van der Waals surface area contributed by atoms with Gasteiger partial charge in [-0.2, -0.15) is 0 Å². The van der Waals surface area contributed by atoms with Crippen molar-refractivity contribution in [3.63, 3.8) is 0 Å². The summed E-state index contributed by atoms with van der Waals surface area (Å²) in [5, 5.41) is 10.7. The summed E-state index contributed by atoms with van der Waals surface area (Å²) in [7, 11) is -9.92. The first-order chi connectivity index (χ1) is 49.4. The van der Waals surface area contributed by atoms with Gasteiger partial charge in [-0.3, -0.25) is 37.3 Å². The predicted octanol–water partition coefficient (Wildman–Crippen LogP) is 25.1. The van der Waals surface area contributed by atoms with Crippen LogP contribution in [0, 0.1) is 11.8 Å². The van der Waals surface area contributed by atoms with Crippen molar-refractivity contribution in [3.05, 3.63) is 0 Å². The molecule has 0 aromatic heterocycles. The Balaban J connectivity index is 5.23. The Kier molecular flexibility index (Phi) is 73.1. The molecule has 3 N–H and O–H groups in total. The second-order valence-corrected chi connectivity index (χ2v) is 33.7. The number of aliphatic hydroxyl groups is 1. The number of hydrogen-bond acceptors (Lipinski definition) is 15. The maximum absolute atomic E-state index is 13.1. The zero-order chi connectivity index (χ0) is 74.9. The fourth-order valence-electron chi connectivity index (χ4n) is 12.9. The zero-order valence-corrected chi connectivity index (χ0v) is 68.7. The van der Waals surface area contributed by atoms with Crippen molar-refractivity contribution >= 4 is 39.5 Å². The van der Waals surface area contributed by atoms with Crippen LogP contribution in [0.15, 0.2) is 0 Å². The lowest BCUT2D eigenvalue weighted by atomic mass is 10.0. The van der Waals surface area contributed by atoms with Gasteiger partial charge in [-0.25, -0.2) is 9.13 Å². The van der Waals surface area contributed by atoms with Crippen molar-refractivity contribution in [1.82, 2.24) is 0 Å². The van der Waals surface area contributed by atoms with Crippen LogP contribution in [-0.4, -0.2) is 96.7 Å². The van der Waals surface area contributed by atoms with Crippen molar-refractivity contribution in [2.75, 3.05) is 39.6 Å². The van der Waals surface area contributed by atoms with Gasteiger partial charge in [-0.15, -0.1) is 0 Å². The molecule has 0 saturated heterocycles. The average molecular weight is 1490 g/mol. The zero-order valence-electron chi connectivity index (χ0n) is 66.9. The topological polar surface area (TPSA) is 237 Å². The Morgan fingerprint density at radius 2 is 0.451 bits per heavy atom. The highest BCUT2D eigenvalue weighted by atomic mass is 31.2. The highest BCUT2D eigenvalue weighted by molar-refractivity contribution is 7.47. The van der Waals surface area contributed by atoms with Crippen LogP contribution in [0.1, 0.15) is 440 Å². The highest BCUT2D eigenvalue weighted by Crippen LogP contribution is 2.45. The number of rotatable bonds is 82. The number of carbonyl (C=O) groups excluding carboxylic acids is 4. The third-order valence-corrected chi connectivity index (χ3v) is 21.4. The standard InChI is InChI=1S/C83H162O17P2/c1-7-9-11-13-15-17-19-21-23-25-26-27-28-30-32-34-36-41-49-55-61-67-82(87)99-78(71-93-80(85)65-59-53-47-40-35-33-31-29-24-22-20-18-16-14-12-10-8-2)73-97-101(89,90)95-69-77(84)70-96-102(91,92)98-74-79(72-94-81(86)66-60-54-48-44-43-46-52-58-64-76(5)6)100-83(88)68-62-56-50-42-38-37-39-45-51-57-63-75(3)4/h75-79,84H,7-74H2,1-6H3,(H,89,90)(H,91,92)/t77-,78-,79-/m1/s1. The monoisotopic (exact) mass is 1490 g/mol. The molecule has 0 bridgehead atoms. The minimum Gasteiger partial charge on any atom is -0.462 e. The number of unbranched alkanes of at least 4 members (excludes halogenated alkanes) is 52. The molecule has 0 aliphatic heterocycles. The molecule has 5 atom stereocenters. The molecule has 0 rings (SSSR count). The van der Waals surface area contributed by atoms with Crippen LogP contribution in [0.5, 0.6) is 0 Å². The summed E-state index contributed by atoms with van der Waals surface area (Å²) in [6, 6.07) is 0. The summed E-state index contributed by atoms with van der Waals surface area (Å²) in [6.45, 7) is 9.60. The van der Waals surface area contributed by atoms with Gasteiger partial charge in [-0.05, 0) is 37.5 Å². The fraction of sp³-hybridized carbons (Fsp3) is 0.952. The van der Waals surface area contributed by atoms with Crippen molar-refractivity contribution in [2.45, 2.75) is 458 Å². The number of aliphatic hydroxyl groups excluding tert-OH is 1. The van der Waals surface area contributed by atoms with Gasteiger partial charge < -0.3 is 33.8 Å². The SMILES string of the molecule is CCCCCCCCCCCCCCCCCCCCCCCC(=O)O[C@H](COC(=O)CCCCCCCCCCCCCCCCCCC)COP(=O)(O)OC[C@@H](O)COP(=O)(O)OC[C@@H](COC(=O)CCCCCCCCCCC(C)C)OC(=O)CCCCCCCCCCCCC(C)C. The van der Waals surface area contributed by atoms with Gasteiger partial charge in [-0.1, -0.05) is 388 Å². The number of hydrogen-bond donors (Lipinski definition) is 3. The van der Waals surface area contributed by atoms with Crippen LogP contribution >= 0.6 is 15.6 Å². The van der Waals surface area contributed by atoms with Crippen molar-refractivity contribution < 1.29 is 80.2 Å². The van der Waals surface area contributed by atoms with Gasteiger partial charge in [0.1, 0.15) is 19.3 Å². The Labute approximate surface area is 626 Å². The van der Waals surface area contributed by atoms with E-state index in [1.807, 2.05) is 0 Å². The Morgan fingerprint density at radius 3 is 0.667 bits per heavy atom. The molecule has 0 saturated carbocycles. The molecular weight excluding hydrogens is 1330 g/mol. The van der Waals surface area contributed by atoms with Crippen LogP contribution in [-0.2, 0) is 65.4 Å². The van der Waals surface area contributed by atoms with E-state index in [9.17, 15) is 43.2 Å². The molecule has 0 aliphatic rings.